The smallest absolute Gasteiger partial charge is 0.135 e. The lowest BCUT2D eigenvalue weighted by molar-refractivity contribution is 0.474. The van der Waals surface area contributed by atoms with Crippen molar-refractivity contribution in [3.05, 3.63) is 66.2 Å². The molecule has 0 saturated carbocycles. The maximum absolute atomic E-state index is 5.79. The van der Waals surface area contributed by atoms with E-state index in [1.165, 1.54) is 0 Å². The summed E-state index contributed by atoms with van der Waals surface area (Å²) < 4.78 is 5.79. The van der Waals surface area contributed by atoms with Crippen molar-refractivity contribution in [2.45, 2.75) is 13.8 Å². The highest BCUT2D eigenvalue weighted by Gasteiger charge is 2.18. The molecule has 0 atom stereocenters. The van der Waals surface area contributed by atoms with Crippen LogP contribution in [0.2, 0.25) is 0 Å². The van der Waals surface area contributed by atoms with Crippen LogP contribution in [0.4, 0.5) is 0 Å². The predicted molar refractivity (Wildman–Crippen MR) is 72.4 cm³/mol. The Morgan fingerprint density at radius 1 is 0.765 bits per heavy atom. The van der Waals surface area contributed by atoms with Crippen LogP contribution in [0.3, 0.4) is 0 Å². The lowest BCUT2D eigenvalue weighted by Crippen LogP contribution is -2.00. The molecule has 0 spiro atoms. The summed E-state index contributed by atoms with van der Waals surface area (Å²) in [5.41, 5.74) is 3.19. The number of para-hydroxylation sites is 2. The molecule has 1 aliphatic rings. The van der Waals surface area contributed by atoms with Crippen molar-refractivity contribution in [1.82, 2.24) is 0 Å². The predicted octanol–water partition coefficient (Wildman–Crippen LogP) is 4.88. The van der Waals surface area contributed by atoms with E-state index in [9.17, 15) is 0 Å². The fourth-order valence-corrected chi connectivity index (χ4v) is 1.87. The summed E-state index contributed by atoms with van der Waals surface area (Å²) in [6, 6.07) is 16.0. The van der Waals surface area contributed by atoms with E-state index < -0.39 is 0 Å². The quantitative estimate of drug-likeness (QED) is 0.528. The first-order chi connectivity index (χ1) is 8.36. The minimum absolute atomic E-state index is 0.890. The zero-order valence-corrected chi connectivity index (χ0v) is 10.2. The third kappa shape index (κ3) is 1.96. The van der Waals surface area contributed by atoms with Gasteiger partial charge in [-0.1, -0.05) is 56.8 Å². The molecule has 17 heavy (non-hydrogen) atoms. The highest BCUT2D eigenvalue weighted by Crippen LogP contribution is 2.41. The van der Waals surface area contributed by atoms with Crippen LogP contribution in [-0.2, 0) is 0 Å². The summed E-state index contributed by atoms with van der Waals surface area (Å²) >= 11 is 0. The van der Waals surface area contributed by atoms with E-state index in [-0.39, 0.29) is 0 Å². The van der Waals surface area contributed by atoms with Crippen molar-refractivity contribution >= 4 is 5.57 Å². The van der Waals surface area contributed by atoms with Crippen LogP contribution in [0, 0.1) is 0 Å². The molecule has 0 fully saturated rings. The Hall–Kier alpha value is -2.02. The number of hydrogen-bond acceptors (Lipinski definition) is 1. The normalized spacial score (nSPS) is 11.5. The molecule has 1 aliphatic heterocycles. The molecule has 1 heteroatoms. The SMILES string of the molecule is C=C1c2ccccc2Oc2ccccc21.CC. The van der Waals surface area contributed by atoms with Crippen molar-refractivity contribution in [3.8, 4) is 11.5 Å². The molecule has 86 valence electrons. The molecule has 0 saturated heterocycles. The lowest BCUT2D eigenvalue weighted by Gasteiger charge is -2.21. The molecule has 0 radical (unpaired) electrons. The Kier molecular flexibility index (Phi) is 3.29. The van der Waals surface area contributed by atoms with E-state index in [0.717, 1.165) is 28.2 Å². The molecule has 0 unspecified atom stereocenters. The summed E-state index contributed by atoms with van der Waals surface area (Å²) in [4.78, 5) is 0. The van der Waals surface area contributed by atoms with E-state index >= 15 is 0 Å². The maximum Gasteiger partial charge on any atom is 0.135 e. The minimum atomic E-state index is 0.890. The highest BCUT2D eigenvalue weighted by molar-refractivity contribution is 5.86. The average Bonchev–Trinajstić information content (AvgIpc) is 2.41. The molecule has 3 rings (SSSR count). The van der Waals surface area contributed by atoms with Crippen LogP contribution in [-0.4, -0.2) is 0 Å². The second-order valence-electron chi connectivity index (χ2n) is 3.57. The van der Waals surface area contributed by atoms with Crippen LogP contribution in [0.25, 0.3) is 5.57 Å². The molecule has 1 nitrogen and oxygen atoms in total. The highest BCUT2D eigenvalue weighted by atomic mass is 16.5. The molecule has 0 amide bonds. The minimum Gasteiger partial charge on any atom is -0.456 e. The first-order valence-corrected chi connectivity index (χ1v) is 5.92. The first kappa shape index (κ1) is 11.5. The van der Waals surface area contributed by atoms with E-state index in [2.05, 4.69) is 6.58 Å². The van der Waals surface area contributed by atoms with Gasteiger partial charge < -0.3 is 4.74 Å². The van der Waals surface area contributed by atoms with E-state index in [4.69, 9.17) is 4.74 Å². The van der Waals surface area contributed by atoms with Gasteiger partial charge in [-0.2, -0.15) is 0 Å². The number of hydrogen-bond donors (Lipinski definition) is 0. The Morgan fingerprint density at radius 2 is 1.18 bits per heavy atom. The fourth-order valence-electron chi connectivity index (χ4n) is 1.87. The average molecular weight is 224 g/mol. The standard InChI is InChI=1S/C14H10O.C2H6/c1-10-11-6-2-4-8-13(11)15-14-9-5-3-7-12(10)14;1-2/h2-9H,1H2;1-2H3. The zero-order valence-electron chi connectivity index (χ0n) is 10.2. The van der Waals surface area contributed by atoms with Gasteiger partial charge in [0, 0.05) is 11.1 Å². The second-order valence-corrected chi connectivity index (χ2v) is 3.57. The van der Waals surface area contributed by atoms with Gasteiger partial charge in [0.25, 0.3) is 0 Å². The molecule has 0 aliphatic carbocycles. The molecule has 1 heterocycles. The zero-order chi connectivity index (χ0) is 12.3. The van der Waals surface area contributed by atoms with Gasteiger partial charge in [-0.25, -0.2) is 0 Å². The molecule has 0 aromatic heterocycles. The summed E-state index contributed by atoms with van der Waals surface area (Å²) in [7, 11) is 0. The Bertz CT molecular complexity index is 493. The Labute approximate surface area is 102 Å². The van der Waals surface area contributed by atoms with Gasteiger partial charge in [0.15, 0.2) is 0 Å². The molecular formula is C16H16O. The summed E-state index contributed by atoms with van der Waals surface area (Å²) in [6.07, 6.45) is 0. The van der Waals surface area contributed by atoms with Gasteiger partial charge in [0.1, 0.15) is 11.5 Å². The van der Waals surface area contributed by atoms with Gasteiger partial charge in [-0.15, -0.1) is 0 Å². The van der Waals surface area contributed by atoms with Crippen LogP contribution >= 0.6 is 0 Å². The van der Waals surface area contributed by atoms with E-state index in [0.29, 0.717) is 0 Å². The third-order valence-corrected chi connectivity index (χ3v) is 2.64. The van der Waals surface area contributed by atoms with Gasteiger partial charge in [-0.05, 0) is 17.7 Å². The van der Waals surface area contributed by atoms with Crippen LogP contribution in [0.5, 0.6) is 11.5 Å². The van der Waals surface area contributed by atoms with Crippen molar-refractivity contribution in [3.63, 3.8) is 0 Å². The van der Waals surface area contributed by atoms with E-state index in [1.807, 2.05) is 62.4 Å². The maximum atomic E-state index is 5.79. The molecule has 2 aromatic carbocycles. The van der Waals surface area contributed by atoms with Gasteiger partial charge >= 0.3 is 0 Å². The van der Waals surface area contributed by atoms with Gasteiger partial charge in [-0.3, -0.25) is 0 Å². The molecule has 0 bridgehead atoms. The monoisotopic (exact) mass is 224 g/mol. The van der Waals surface area contributed by atoms with Crippen molar-refractivity contribution < 1.29 is 4.74 Å². The summed E-state index contributed by atoms with van der Waals surface area (Å²) in [5, 5.41) is 0. The van der Waals surface area contributed by atoms with Gasteiger partial charge in [0.05, 0.1) is 0 Å². The summed E-state index contributed by atoms with van der Waals surface area (Å²) in [5.74, 6) is 1.78. The number of fused-ring (bicyclic) bond motifs is 2. The van der Waals surface area contributed by atoms with E-state index in [1.54, 1.807) is 0 Å². The van der Waals surface area contributed by atoms with Gasteiger partial charge in [0.2, 0.25) is 0 Å². The second kappa shape index (κ2) is 4.88. The number of ether oxygens (including phenoxy) is 1. The first-order valence-electron chi connectivity index (χ1n) is 5.92. The third-order valence-electron chi connectivity index (χ3n) is 2.64. The van der Waals surface area contributed by atoms with Crippen LogP contribution < -0.4 is 4.74 Å². The topological polar surface area (TPSA) is 9.23 Å². The Morgan fingerprint density at radius 3 is 1.65 bits per heavy atom. The van der Waals surface area contributed by atoms with Crippen molar-refractivity contribution in [1.29, 1.82) is 0 Å². The molecular weight excluding hydrogens is 208 g/mol. The van der Waals surface area contributed by atoms with Crippen LogP contribution in [0.15, 0.2) is 55.1 Å². The summed E-state index contributed by atoms with van der Waals surface area (Å²) in [6.45, 7) is 8.12. The molecule has 0 N–H and O–H groups in total. The van der Waals surface area contributed by atoms with Crippen molar-refractivity contribution in [2.75, 3.05) is 0 Å². The number of rotatable bonds is 0. The van der Waals surface area contributed by atoms with Crippen LogP contribution in [0.1, 0.15) is 25.0 Å². The lowest BCUT2D eigenvalue weighted by atomic mass is 9.96. The largest absolute Gasteiger partial charge is 0.456 e. The molecule has 2 aromatic rings. The fraction of sp³-hybridized carbons (Fsp3) is 0.125. The number of benzene rings is 2. The van der Waals surface area contributed by atoms with Crippen molar-refractivity contribution in [2.24, 2.45) is 0 Å². The Balaban J connectivity index is 0.000000514.